The molecule has 1 aliphatic heterocycles. The molecule has 6 nitrogen and oxygen atoms in total. The van der Waals surface area contributed by atoms with Gasteiger partial charge in [-0.1, -0.05) is 60.3 Å². The van der Waals surface area contributed by atoms with Crippen molar-refractivity contribution >= 4 is 17.5 Å². The molecule has 2 aromatic carbocycles. The zero-order valence-corrected chi connectivity index (χ0v) is 18.7. The van der Waals surface area contributed by atoms with Crippen molar-refractivity contribution < 1.29 is 18.3 Å². The number of allylic oxidation sites excluding steroid dienone is 4. The van der Waals surface area contributed by atoms with Gasteiger partial charge in [0.25, 0.3) is 11.1 Å². The summed E-state index contributed by atoms with van der Waals surface area (Å²) in [5.74, 6) is 1.43. The Morgan fingerprint density at radius 3 is 2.71 bits per heavy atom. The second-order valence-corrected chi connectivity index (χ2v) is 8.45. The molecule has 0 bridgehead atoms. The largest absolute Gasteiger partial charge is 0.465 e. The molecule has 0 amide bonds. The number of thioether (sulfide) groups is 1. The lowest BCUT2D eigenvalue weighted by Crippen LogP contribution is -2.03. The van der Waals surface area contributed by atoms with Crippen LogP contribution in [0.4, 0.5) is 4.39 Å². The van der Waals surface area contributed by atoms with Crippen LogP contribution >= 0.6 is 11.8 Å². The molecule has 8 heteroatoms. The Bertz CT molecular complexity index is 1380. The number of benzene rings is 2. The van der Waals surface area contributed by atoms with Gasteiger partial charge >= 0.3 is 0 Å². The third-order valence-corrected chi connectivity index (χ3v) is 6.14. The molecule has 1 aliphatic carbocycles. The summed E-state index contributed by atoms with van der Waals surface area (Å²) >= 11 is 1.40. The number of hydrogen-bond acceptors (Lipinski definition) is 7. The minimum absolute atomic E-state index is 0.246. The molecule has 3 aromatic rings. The molecule has 5 rings (SSSR count). The lowest BCUT2D eigenvalue weighted by atomic mass is 9.99. The van der Waals surface area contributed by atoms with Crippen LogP contribution in [0.25, 0.3) is 16.9 Å². The van der Waals surface area contributed by atoms with Crippen LogP contribution in [0.1, 0.15) is 29.9 Å². The molecule has 1 aromatic heterocycles. The number of hydrogen-bond donors (Lipinski definition) is 0. The van der Waals surface area contributed by atoms with E-state index < -0.39 is 5.82 Å². The maximum atomic E-state index is 13.4. The van der Waals surface area contributed by atoms with E-state index in [0.717, 1.165) is 29.5 Å². The van der Waals surface area contributed by atoms with Crippen molar-refractivity contribution in [3.63, 3.8) is 0 Å². The van der Waals surface area contributed by atoms with Crippen molar-refractivity contribution in [1.29, 1.82) is 5.26 Å². The summed E-state index contributed by atoms with van der Waals surface area (Å²) < 4.78 is 30.5. The molecule has 0 radical (unpaired) electrons. The zero-order chi connectivity index (χ0) is 23.3. The normalized spacial score (nSPS) is 14.9. The van der Waals surface area contributed by atoms with E-state index in [0.29, 0.717) is 33.6 Å². The Kier molecular flexibility index (Phi) is 6.27. The van der Waals surface area contributed by atoms with Crippen molar-refractivity contribution in [2.24, 2.45) is 0 Å². The van der Waals surface area contributed by atoms with E-state index in [2.05, 4.69) is 16.3 Å². The highest BCUT2D eigenvalue weighted by Gasteiger charge is 2.21. The highest BCUT2D eigenvalue weighted by molar-refractivity contribution is 7.98. The monoisotopic (exact) mass is 471 g/mol. The quantitative estimate of drug-likeness (QED) is 0.379. The highest BCUT2D eigenvalue weighted by Crippen LogP contribution is 2.32. The van der Waals surface area contributed by atoms with E-state index in [9.17, 15) is 9.65 Å². The van der Waals surface area contributed by atoms with Crippen molar-refractivity contribution in [2.75, 3.05) is 0 Å². The van der Waals surface area contributed by atoms with Crippen LogP contribution < -0.4 is 0 Å². The molecule has 2 heterocycles. The smallest absolute Gasteiger partial charge is 0.287 e. The number of aromatic nitrogens is 2. The second kappa shape index (κ2) is 9.81. The van der Waals surface area contributed by atoms with Crippen LogP contribution in [0.2, 0.25) is 0 Å². The average molecular weight is 472 g/mol. The summed E-state index contributed by atoms with van der Waals surface area (Å²) in [6.07, 6.45) is 10.9. The first-order chi connectivity index (χ1) is 16.7. The Balaban J connectivity index is 1.21. The SMILES string of the molecule is N#Cc1cc(F)ccc1-c1ccc(CSc2nnc(C3=COC=C(C4=CC=CCC4)O3)o2)cc1. The summed E-state index contributed by atoms with van der Waals surface area (Å²) in [4.78, 5) is 0. The number of ether oxygens (including phenoxy) is 2. The lowest BCUT2D eigenvalue weighted by molar-refractivity contribution is 0.271. The first-order valence-corrected chi connectivity index (χ1v) is 11.5. The Labute approximate surface area is 199 Å². The van der Waals surface area contributed by atoms with Gasteiger partial charge in [0, 0.05) is 5.75 Å². The van der Waals surface area contributed by atoms with Crippen molar-refractivity contribution in [3.8, 4) is 17.2 Å². The van der Waals surface area contributed by atoms with Gasteiger partial charge < -0.3 is 13.9 Å². The van der Waals surface area contributed by atoms with Crippen molar-refractivity contribution in [3.05, 3.63) is 107 Å². The number of halogens is 1. The van der Waals surface area contributed by atoms with Crippen LogP contribution in [0.15, 0.2) is 94.2 Å². The van der Waals surface area contributed by atoms with Crippen LogP contribution in [-0.4, -0.2) is 10.2 Å². The number of nitrogens with zero attached hydrogens (tertiary/aromatic N) is 3. The van der Waals surface area contributed by atoms with Crippen molar-refractivity contribution in [2.45, 2.75) is 23.8 Å². The van der Waals surface area contributed by atoms with Crippen LogP contribution in [-0.2, 0) is 15.2 Å². The van der Waals surface area contributed by atoms with Gasteiger partial charge in [-0.05, 0) is 47.2 Å². The summed E-state index contributed by atoms with van der Waals surface area (Å²) in [6, 6.07) is 14.0. The summed E-state index contributed by atoms with van der Waals surface area (Å²) in [6.45, 7) is 0. The van der Waals surface area contributed by atoms with Gasteiger partial charge in [0.15, 0.2) is 5.76 Å². The standard InChI is InChI=1S/C26H18FN3O3S/c27-21-10-11-22(20(12-21)13-28)18-8-6-17(7-9-18)16-34-26-30-29-25(33-26)24-15-31-14-23(32-24)19-4-2-1-3-5-19/h1-2,4,6-12,14-15H,3,5,16H2. The second-order valence-electron chi connectivity index (χ2n) is 7.52. The summed E-state index contributed by atoms with van der Waals surface area (Å²) in [7, 11) is 0. The molecule has 0 saturated carbocycles. The van der Waals surface area contributed by atoms with Gasteiger partial charge in [-0.3, -0.25) is 0 Å². The molecule has 34 heavy (non-hydrogen) atoms. The van der Waals surface area contributed by atoms with Gasteiger partial charge in [-0.15, -0.1) is 10.2 Å². The molecule has 2 aliphatic rings. The zero-order valence-electron chi connectivity index (χ0n) is 17.9. The topological polar surface area (TPSA) is 81.2 Å². The van der Waals surface area contributed by atoms with Gasteiger partial charge in [0.1, 0.15) is 18.3 Å². The lowest BCUT2D eigenvalue weighted by Gasteiger charge is -2.17. The van der Waals surface area contributed by atoms with E-state index in [-0.39, 0.29) is 5.89 Å². The minimum Gasteiger partial charge on any atom is -0.465 e. The fraction of sp³-hybridized carbons (Fsp3) is 0.115. The van der Waals surface area contributed by atoms with Gasteiger partial charge in [0.05, 0.1) is 11.6 Å². The van der Waals surface area contributed by atoms with E-state index in [1.807, 2.05) is 42.5 Å². The molecular weight excluding hydrogens is 453 g/mol. The molecule has 0 spiro atoms. The highest BCUT2D eigenvalue weighted by atomic mass is 32.2. The average Bonchev–Trinajstić information content (AvgIpc) is 3.38. The number of rotatable bonds is 6. The van der Waals surface area contributed by atoms with Crippen molar-refractivity contribution in [1.82, 2.24) is 10.2 Å². The summed E-state index contributed by atoms with van der Waals surface area (Å²) in [5, 5.41) is 17.9. The molecule has 168 valence electrons. The van der Waals surface area contributed by atoms with Gasteiger partial charge in [-0.2, -0.15) is 5.26 Å². The fourth-order valence-corrected chi connectivity index (χ4v) is 4.24. The molecule has 0 fully saturated rings. The first-order valence-electron chi connectivity index (χ1n) is 10.5. The van der Waals surface area contributed by atoms with Crippen LogP contribution in [0, 0.1) is 17.1 Å². The molecule has 0 N–H and O–H groups in total. The maximum Gasteiger partial charge on any atom is 0.287 e. The minimum atomic E-state index is -0.427. The Morgan fingerprint density at radius 1 is 1.06 bits per heavy atom. The third-order valence-electron chi connectivity index (χ3n) is 5.25. The third kappa shape index (κ3) is 4.80. The van der Waals surface area contributed by atoms with E-state index >= 15 is 0 Å². The first kappa shape index (κ1) is 21.7. The van der Waals surface area contributed by atoms with Crippen LogP contribution in [0.3, 0.4) is 0 Å². The molecular formula is C26H18FN3O3S. The maximum absolute atomic E-state index is 13.4. The van der Waals surface area contributed by atoms with E-state index in [1.54, 1.807) is 12.3 Å². The Hall–Kier alpha value is -4.09. The van der Waals surface area contributed by atoms with Crippen LogP contribution in [0.5, 0.6) is 0 Å². The Morgan fingerprint density at radius 2 is 1.91 bits per heavy atom. The predicted molar refractivity (Wildman–Crippen MR) is 125 cm³/mol. The molecule has 0 atom stereocenters. The van der Waals surface area contributed by atoms with Gasteiger partial charge in [0.2, 0.25) is 5.76 Å². The number of nitriles is 1. The molecule has 0 saturated heterocycles. The fourth-order valence-electron chi connectivity index (χ4n) is 3.52. The molecule has 0 unspecified atom stereocenters. The van der Waals surface area contributed by atoms with Gasteiger partial charge in [-0.25, -0.2) is 4.39 Å². The van der Waals surface area contributed by atoms with E-state index in [1.165, 1.54) is 30.2 Å². The van der Waals surface area contributed by atoms with E-state index in [4.69, 9.17) is 13.9 Å². The predicted octanol–water partition coefficient (Wildman–Crippen LogP) is 6.50. The summed E-state index contributed by atoms with van der Waals surface area (Å²) in [5.41, 5.74) is 3.93.